The zero-order chi connectivity index (χ0) is 51.8. The third-order valence-electron chi connectivity index (χ3n) is 11.6. The second-order valence-corrected chi connectivity index (χ2v) is 18.1. The van der Waals surface area contributed by atoms with E-state index in [9.17, 15) is 34.5 Å². The predicted molar refractivity (Wildman–Crippen MR) is 284 cm³/mol. The number of carbonyl (C=O) groups excluding carboxylic acids is 3. The molecule has 0 amide bonds. The van der Waals surface area contributed by atoms with Crippen LogP contribution in [-0.4, -0.2) is 89.2 Å². The van der Waals surface area contributed by atoms with E-state index in [1.165, 1.54) is 19.3 Å². The summed E-state index contributed by atoms with van der Waals surface area (Å²) in [6.45, 7) is 5.67. The fourth-order valence-corrected chi connectivity index (χ4v) is 7.45. The van der Waals surface area contributed by atoms with Gasteiger partial charge in [0.05, 0.1) is 6.61 Å². The molecular weight excluding hydrogens is 901 g/mol. The van der Waals surface area contributed by atoms with Gasteiger partial charge in [-0.25, -0.2) is 4.79 Å². The first-order valence-electron chi connectivity index (χ1n) is 27.2. The van der Waals surface area contributed by atoms with Crippen LogP contribution in [0.3, 0.4) is 0 Å². The highest BCUT2D eigenvalue weighted by atomic mass is 16.7. The molecule has 1 aliphatic rings. The fraction of sp³-hybridized carbons (Fsp3) is 0.661. The monoisotopic (exact) mass is 995 g/mol. The van der Waals surface area contributed by atoms with E-state index in [0.717, 1.165) is 122 Å². The third-order valence-corrected chi connectivity index (χ3v) is 11.6. The molecular formula is C59H94O12. The van der Waals surface area contributed by atoms with E-state index in [-0.39, 0.29) is 25.9 Å². The van der Waals surface area contributed by atoms with Crippen molar-refractivity contribution < 1.29 is 58.2 Å². The number of aliphatic hydroxyl groups is 2. The first-order valence-corrected chi connectivity index (χ1v) is 27.2. The molecule has 12 heteroatoms. The molecule has 0 saturated carbocycles. The Bertz CT molecular complexity index is 1610. The molecule has 71 heavy (non-hydrogen) atoms. The van der Waals surface area contributed by atoms with Gasteiger partial charge in [-0.15, -0.1) is 0 Å². The van der Waals surface area contributed by atoms with Gasteiger partial charge in [0, 0.05) is 19.3 Å². The van der Waals surface area contributed by atoms with Gasteiger partial charge in [-0.1, -0.05) is 176 Å². The van der Waals surface area contributed by atoms with E-state index in [2.05, 4.69) is 106 Å². The van der Waals surface area contributed by atoms with Crippen molar-refractivity contribution in [1.82, 2.24) is 0 Å². The average Bonchev–Trinajstić information content (AvgIpc) is 3.35. The van der Waals surface area contributed by atoms with Gasteiger partial charge in [0.25, 0.3) is 0 Å². The minimum Gasteiger partial charge on any atom is -0.479 e. The Morgan fingerprint density at radius 3 is 1.46 bits per heavy atom. The van der Waals surface area contributed by atoms with E-state index >= 15 is 0 Å². The Hall–Kier alpha value is -4.36. The van der Waals surface area contributed by atoms with Crippen molar-refractivity contribution in [1.29, 1.82) is 0 Å². The van der Waals surface area contributed by atoms with Crippen molar-refractivity contribution >= 4 is 23.9 Å². The highest BCUT2D eigenvalue weighted by Crippen LogP contribution is 2.26. The number of ether oxygens (including phenoxy) is 5. The smallest absolute Gasteiger partial charge is 0.335 e. The summed E-state index contributed by atoms with van der Waals surface area (Å²) in [5.41, 5.74) is 0. The lowest BCUT2D eigenvalue weighted by molar-refractivity contribution is -0.301. The lowest BCUT2D eigenvalue weighted by Crippen LogP contribution is -2.61. The van der Waals surface area contributed by atoms with Gasteiger partial charge < -0.3 is 39.0 Å². The van der Waals surface area contributed by atoms with Crippen LogP contribution in [0.15, 0.2) is 97.2 Å². The molecule has 3 N–H and O–H groups in total. The summed E-state index contributed by atoms with van der Waals surface area (Å²) in [6.07, 6.45) is 48.3. The zero-order valence-electron chi connectivity index (χ0n) is 43.9. The van der Waals surface area contributed by atoms with E-state index in [1.54, 1.807) is 0 Å². The SMILES string of the molecule is CC/C=C\C/C=C\C/C=C\C/C=C\CCC(=O)OCC(COC1OC(C(=O)O)C(O)C(O)C1OC(=O)CCCCCCC/C=C\C/C=C\CCCCC)OC(=O)CCCCCCC/C=C\C/C=C\CCC. The van der Waals surface area contributed by atoms with Crippen LogP contribution < -0.4 is 0 Å². The molecule has 0 radical (unpaired) electrons. The summed E-state index contributed by atoms with van der Waals surface area (Å²) in [4.78, 5) is 50.9. The molecule has 402 valence electrons. The molecule has 6 unspecified atom stereocenters. The van der Waals surface area contributed by atoms with Gasteiger partial charge in [0.15, 0.2) is 24.6 Å². The minimum atomic E-state index is -1.92. The Morgan fingerprint density at radius 1 is 0.479 bits per heavy atom. The zero-order valence-corrected chi connectivity index (χ0v) is 43.9. The summed E-state index contributed by atoms with van der Waals surface area (Å²) in [5, 5.41) is 31.4. The maximum atomic E-state index is 13.1. The molecule has 1 saturated heterocycles. The summed E-state index contributed by atoms with van der Waals surface area (Å²) in [6, 6.07) is 0. The Morgan fingerprint density at radius 2 is 0.944 bits per heavy atom. The second kappa shape index (κ2) is 46.7. The minimum absolute atomic E-state index is 0.0318. The van der Waals surface area contributed by atoms with Crippen molar-refractivity contribution in [2.75, 3.05) is 13.2 Å². The van der Waals surface area contributed by atoms with Crippen LogP contribution in [0.4, 0.5) is 0 Å². The average molecular weight is 995 g/mol. The molecule has 1 rings (SSSR count). The number of aliphatic carboxylic acids is 1. The van der Waals surface area contributed by atoms with Gasteiger partial charge in [-0.3, -0.25) is 14.4 Å². The van der Waals surface area contributed by atoms with Gasteiger partial charge in [-0.05, 0) is 103 Å². The number of esters is 3. The van der Waals surface area contributed by atoms with Crippen molar-refractivity contribution in [3.63, 3.8) is 0 Å². The molecule has 0 aromatic carbocycles. The Balaban J connectivity index is 2.78. The summed E-state index contributed by atoms with van der Waals surface area (Å²) in [5.74, 6) is -3.28. The summed E-state index contributed by atoms with van der Waals surface area (Å²) in [7, 11) is 0. The number of rotatable bonds is 44. The van der Waals surface area contributed by atoms with Crippen molar-refractivity contribution in [2.45, 2.75) is 237 Å². The lowest BCUT2D eigenvalue weighted by atomic mass is 9.98. The Kier molecular flexibility index (Phi) is 42.5. The van der Waals surface area contributed by atoms with Gasteiger partial charge in [-0.2, -0.15) is 0 Å². The van der Waals surface area contributed by atoms with Crippen molar-refractivity contribution in [2.24, 2.45) is 0 Å². The van der Waals surface area contributed by atoms with Crippen LogP contribution in [0.25, 0.3) is 0 Å². The molecule has 0 bridgehead atoms. The van der Waals surface area contributed by atoms with Crippen LogP contribution in [0.5, 0.6) is 0 Å². The highest BCUT2D eigenvalue weighted by Gasteiger charge is 2.50. The number of carbonyl (C=O) groups is 4. The molecule has 0 spiro atoms. The quantitative estimate of drug-likeness (QED) is 0.0228. The predicted octanol–water partition coefficient (Wildman–Crippen LogP) is 13.3. The Labute approximate surface area is 428 Å². The van der Waals surface area contributed by atoms with E-state index < -0.39 is 67.3 Å². The number of allylic oxidation sites excluding steroid dienone is 16. The standard InChI is InChI=1S/C59H94O12/c1-4-7-10-13-16-19-22-25-26-29-32-35-38-41-44-47-53(62)70-57-55(64)54(63)56(58(65)66)71-59(57)68-49-50(69-52(61)46-43-40-37-34-31-28-24-21-18-15-12-9-6-3)48-67-51(60)45-42-39-36-33-30-27-23-20-17-14-11-8-5-2/h8,11-12,15-17,19-21,24-27,30,36,39,50,54-57,59,63-64H,4-7,9-10,13-14,18,22-23,28-29,31-35,37-38,40-49H2,1-3H3,(H,65,66)/b11-8-,15-12-,19-16-,20-17-,24-21-,26-25-,30-27-,39-36-. The molecule has 1 heterocycles. The molecule has 6 atom stereocenters. The van der Waals surface area contributed by atoms with Crippen molar-refractivity contribution in [3.8, 4) is 0 Å². The van der Waals surface area contributed by atoms with E-state index in [4.69, 9.17) is 23.7 Å². The van der Waals surface area contributed by atoms with E-state index in [0.29, 0.717) is 19.3 Å². The van der Waals surface area contributed by atoms with Crippen LogP contribution in [-0.2, 0) is 42.9 Å². The number of carboxylic acids is 1. The molecule has 0 aromatic rings. The maximum Gasteiger partial charge on any atom is 0.335 e. The number of hydrogen-bond donors (Lipinski definition) is 3. The lowest BCUT2D eigenvalue weighted by Gasteiger charge is -2.40. The summed E-state index contributed by atoms with van der Waals surface area (Å²) < 4.78 is 28.2. The first-order chi connectivity index (χ1) is 34.6. The number of unbranched alkanes of at least 4 members (excludes halogenated alkanes) is 14. The third kappa shape index (κ3) is 37.1. The van der Waals surface area contributed by atoms with Crippen molar-refractivity contribution in [3.05, 3.63) is 97.2 Å². The van der Waals surface area contributed by atoms with Gasteiger partial charge in [0.2, 0.25) is 0 Å². The van der Waals surface area contributed by atoms with Gasteiger partial charge >= 0.3 is 23.9 Å². The molecule has 12 nitrogen and oxygen atoms in total. The highest BCUT2D eigenvalue weighted by molar-refractivity contribution is 5.74. The van der Waals surface area contributed by atoms with E-state index in [1.807, 2.05) is 12.2 Å². The molecule has 1 aliphatic heterocycles. The van der Waals surface area contributed by atoms with Crippen LogP contribution >= 0.6 is 0 Å². The number of aliphatic hydroxyl groups excluding tert-OH is 2. The normalized spacial score (nSPS) is 19.3. The topological polar surface area (TPSA) is 175 Å². The number of carboxylic acid groups (broad SMARTS) is 1. The summed E-state index contributed by atoms with van der Waals surface area (Å²) >= 11 is 0. The molecule has 1 fully saturated rings. The fourth-order valence-electron chi connectivity index (χ4n) is 7.45. The maximum absolute atomic E-state index is 13.1. The first kappa shape index (κ1) is 64.7. The largest absolute Gasteiger partial charge is 0.479 e. The molecule has 0 aromatic heterocycles. The molecule has 0 aliphatic carbocycles. The van der Waals surface area contributed by atoms with Crippen LogP contribution in [0.1, 0.15) is 201 Å². The van der Waals surface area contributed by atoms with Gasteiger partial charge in [0.1, 0.15) is 18.8 Å². The van der Waals surface area contributed by atoms with Crippen LogP contribution in [0.2, 0.25) is 0 Å². The van der Waals surface area contributed by atoms with Crippen LogP contribution in [0, 0.1) is 0 Å². The second-order valence-electron chi connectivity index (χ2n) is 18.1. The number of hydrogen-bond acceptors (Lipinski definition) is 11.